The van der Waals surface area contributed by atoms with E-state index < -0.39 is 0 Å². The highest BCUT2D eigenvalue weighted by atomic mass is 35.5. The number of hydrogen-bond acceptors (Lipinski definition) is 2. The SMILES string of the molecule is CC(C)CC(C)COc1c(Cl)cc(N)cc1Cl. The average Bonchev–Trinajstić information content (AvgIpc) is 2.14. The Balaban J connectivity index is 2.63. The zero-order valence-corrected chi connectivity index (χ0v) is 12.0. The molecule has 0 fully saturated rings. The molecule has 0 spiro atoms. The molecule has 96 valence electrons. The van der Waals surface area contributed by atoms with Gasteiger partial charge in [-0.2, -0.15) is 0 Å². The van der Waals surface area contributed by atoms with E-state index in [9.17, 15) is 0 Å². The third-order valence-corrected chi connectivity index (χ3v) is 2.97. The lowest BCUT2D eigenvalue weighted by Crippen LogP contribution is -2.11. The maximum absolute atomic E-state index is 6.03. The molecule has 17 heavy (non-hydrogen) atoms. The van der Waals surface area contributed by atoms with Crippen LogP contribution in [0.5, 0.6) is 5.75 Å². The number of nitrogen functional groups attached to an aromatic ring is 1. The van der Waals surface area contributed by atoms with E-state index in [2.05, 4.69) is 20.8 Å². The Labute approximate surface area is 113 Å². The van der Waals surface area contributed by atoms with Crippen molar-refractivity contribution in [2.24, 2.45) is 11.8 Å². The molecule has 0 aromatic heterocycles. The third-order valence-electron chi connectivity index (χ3n) is 2.41. The fourth-order valence-corrected chi connectivity index (χ4v) is 2.43. The molecule has 4 heteroatoms. The van der Waals surface area contributed by atoms with Crippen molar-refractivity contribution in [1.82, 2.24) is 0 Å². The Kier molecular flexibility index (Phi) is 5.41. The quantitative estimate of drug-likeness (QED) is 0.795. The lowest BCUT2D eigenvalue weighted by Gasteiger charge is -2.16. The molecular formula is C13H19Cl2NO. The lowest BCUT2D eigenvalue weighted by molar-refractivity contribution is 0.239. The topological polar surface area (TPSA) is 35.2 Å². The van der Waals surface area contributed by atoms with Gasteiger partial charge in [-0.15, -0.1) is 0 Å². The van der Waals surface area contributed by atoms with E-state index in [1.54, 1.807) is 12.1 Å². The number of nitrogens with two attached hydrogens (primary N) is 1. The average molecular weight is 276 g/mol. The second kappa shape index (κ2) is 6.36. The maximum Gasteiger partial charge on any atom is 0.156 e. The van der Waals surface area contributed by atoms with Crippen LogP contribution in [0.25, 0.3) is 0 Å². The second-order valence-electron chi connectivity index (χ2n) is 4.86. The van der Waals surface area contributed by atoms with Crippen LogP contribution in [-0.4, -0.2) is 6.61 Å². The summed E-state index contributed by atoms with van der Waals surface area (Å²) in [5, 5.41) is 0.929. The first-order valence-corrected chi connectivity index (χ1v) is 6.53. The Hall–Kier alpha value is -0.600. The van der Waals surface area contributed by atoms with Gasteiger partial charge < -0.3 is 10.5 Å². The van der Waals surface area contributed by atoms with Gasteiger partial charge in [0.1, 0.15) is 0 Å². The van der Waals surface area contributed by atoms with Crippen LogP contribution < -0.4 is 10.5 Å². The Morgan fingerprint density at radius 3 is 2.18 bits per heavy atom. The first-order valence-electron chi connectivity index (χ1n) is 5.77. The smallest absolute Gasteiger partial charge is 0.156 e. The molecule has 1 rings (SSSR count). The summed E-state index contributed by atoms with van der Waals surface area (Å²) >= 11 is 12.1. The molecule has 0 radical (unpaired) electrons. The van der Waals surface area contributed by atoms with Crippen molar-refractivity contribution in [3.8, 4) is 5.75 Å². The number of hydrogen-bond donors (Lipinski definition) is 1. The highest BCUT2D eigenvalue weighted by Crippen LogP contribution is 2.35. The summed E-state index contributed by atoms with van der Waals surface area (Å²) in [6.45, 7) is 7.15. The normalized spacial score (nSPS) is 12.8. The lowest BCUT2D eigenvalue weighted by atomic mass is 10.00. The first-order chi connectivity index (χ1) is 7.90. The summed E-state index contributed by atoms with van der Waals surface area (Å²) < 4.78 is 5.67. The third kappa shape index (κ3) is 4.64. The Morgan fingerprint density at radius 2 is 1.71 bits per heavy atom. The summed E-state index contributed by atoms with van der Waals surface area (Å²) in [4.78, 5) is 0. The molecule has 0 aliphatic heterocycles. The van der Waals surface area contributed by atoms with Gasteiger partial charge >= 0.3 is 0 Å². The highest BCUT2D eigenvalue weighted by Gasteiger charge is 2.11. The largest absolute Gasteiger partial charge is 0.490 e. The van der Waals surface area contributed by atoms with Gasteiger partial charge in [-0.1, -0.05) is 44.0 Å². The summed E-state index contributed by atoms with van der Waals surface area (Å²) in [6, 6.07) is 3.30. The number of rotatable bonds is 5. The van der Waals surface area contributed by atoms with Gasteiger partial charge in [0.15, 0.2) is 5.75 Å². The summed E-state index contributed by atoms with van der Waals surface area (Å²) in [5.74, 6) is 1.66. The molecule has 1 aromatic carbocycles. The molecule has 1 atom stereocenters. The van der Waals surface area contributed by atoms with Gasteiger partial charge in [-0.05, 0) is 30.4 Å². The summed E-state index contributed by atoms with van der Waals surface area (Å²) in [5.41, 5.74) is 6.17. The molecule has 0 heterocycles. The minimum atomic E-state index is 0.465. The van der Waals surface area contributed by atoms with Gasteiger partial charge in [0.05, 0.1) is 16.7 Å². The minimum Gasteiger partial charge on any atom is -0.490 e. The van der Waals surface area contributed by atoms with Crippen LogP contribution in [-0.2, 0) is 0 Å². The number of anilines is 1. The fourth-order valence-electron chi connectivity index (χ4n) is 1.82. The van der Waals surface area contributed by atoms with Crippen LogP contribution in [0.3, 0.4) is 0 Å². The van der Waals surface area contributed by atoms with E-state index >= 15 is 0 Å². The van der Waals surface area contributed by atoms with E-state index in [1.165, 1.54) is 0 Å². The summed E-state index contributed by atoms with van der Waals surface area (Å²) in [7, 11) is 0. The molecule has 1 aromatic rings. The van der Waals surface area contributed by atoms with Crippen LogP contribution in [0.15, 0.2) is 12.1 Å². The van der Waals surface area contributed by atoms with Crippen molar-refractivity contribution in [1.29, 1.82) is 0 Å². The van der Waals surface area contributed by atoms with Gasteiger partial charge in [-0.3, -0.25) is 0 Å². The van der Waals surface area contributed by atoms with Gasteiger partial charge in [0.2, 0.25) is 0 Å². The molecule has 0 aliphatic rings. The van der Waals surface area contributed by atoms with Crippen LogP contribution in [0.1, 0.15) is 27.2 Å². The molecule has 0 bridgehead atoms. The Morgan fingerprint density at radius 1 is 1.18 bits per heavy atom. The number of ether oxygens (including phenoxy) is 1. The number of halogens is 2. The van der Waals surface area contributed by atoms with Crippen molar-refractivity contribution >= 4 is 28.9 Å². The first kappa shape index (κ1) is 14.5. The van der Waals surface area contributed by atoms with E-state index in [-0.39, 0.29) is 0 Å². The molecule has 0 amide bonds. The highest BCUT2D eigenvalue weighted by molar-refractivity contribution is 6.37. The van der Waals surface area contributed by atoms with Crippen molar-refractivity contribution < 1.29 is 4.74 Å². The van der Waals surface area contributed by atoms with Crippen molar-refractivity contribution in [3.63, 3.8) is 0 Å². The molecule has 0 saturated carbocycles. The Bertz CT molecular complexity index is 357. The van der Waals surface area contributed by atoms with E-state index in [0.717, 1.165) is 6.42 Å². The molecule has 2 N–H and O–H groups in total. The second-order valence-corrected chi connectivity index (χ2v) is 5.67. The van der Waals surface area contributed by atoms with Crippen molar-refractivity contribution in [2.75, 3.05) is 12.3 Å². The molecule has 0 aliphatic carbocycles. The standard InChI is InChI=1S/C13H19Cl2NO/c1-8(2)4-9(3)7-17-13-11(14)5-10(16)6-12(13)15/h5-6,8-9H,4,7,16H2,1-3H3. The molecule has 1 unspecified atom stereocenters. The van der Waals surface area contributed by atoms with Gasteiger partial charge in [0.25, 0.3) is 0 Å². The molecule has 2 nitrogen and oxygen atoms in total. The maximum atomic E-state index is 6.03. The van der Waals surface area contributed by atoms with Gasteiger partial charge in [-0.25, -0.2) is 0 Å². The van der Waals surface area contributed by atoms with Crippen molar-refractivity contribution in [3.05, 3.63) is 22.2 Å². The van der Waals surface area contributed by atoms with Crippen LogP contribution in [0.2, 0.25) is 10.0 Å². The predicted octanol–water partition coefficient (Wildman–Crippen LogP) is 4.64. The molecular weight excluding hydrogens is 257 g/mol. The van der Waals surface area contributed by atoms with E-state index in [0.29, 0.717) is 39.9 Å². The summed E-state index contributed by atoms with van der Waals surface area (Å²) in [6.07, 6.45) is 1.12. The number of benzene rings is 1. The monoisotopic (exact) mass is 275 g/mol. The predicted molar refractivity (Wildman–Crippen MR) is 75.0 cm³/mol. The fraction of sp³-hybridized carbons (Fsp3) is 0.538. The molecule has 0 saturated heterocycles. The van der Waals surface area contributed by atoms with Crippen molar-refractivity contribution in [2.45, 2.75) is 27.2 Å². The zero-order chi connectivity index (χ0) is 13.0. The van der Waals surface area contributed by atoms with E-state index in [1.807, 2.05) is 0 Å². The zero-order valence-electron chi connectivity index (χ0n) is 10.5. The van der Waals surface area contributed by atoms with Crippen LogP contribution >= 0.6 is 23.2 Å². The van der Waals surface area contributed by atoms with E-state index in [4.69, 9.17) is 33.7 Å². The van der Waals surface area contributed by atoms with Crippen LogP contribution in [0, 0.1) is 11.8 Å². The van der Waals surface area contributed by atoms with Gasteiger partial charge in [0, 0.05) is 5.69 Å². The van der Waals surface area contributed by atoms with Crippen LogP contribution in [0.4, 0.5) is 5.69 Å². The minimum absolute atomic E-state index is 0.465.